The van der Waals surface area contributed by atoms with Crippen LogP contribution in [0.5, 0.6) is 5.75 Å². The molecule has 0 atom stereocenters. The van der Waals surface area contributed by atoms with Crippen molar-refractivity contribution in [3.8, 4) is 5.75 Å². The van der Waals surface area contributed by atoms with Gasteiger partial charge in [0, 0.05) is 25.9 Å². The molecule has 0 aliphatic rings. The first kappa shape index (κ1) is 11.4. The Balaban J connectivity index is 2.73. The van der Waals surface area contributed by atoms with Crippen LogP contribution in [0.2, 0.25) is 0 Å². The first-order chi connectivity index (χ1) is 7.27. The fraction of sp³-hybridized carbons (Fsp3) is 0.333. The maximum Gasteiger partial charge on any atom is 0.119 e. The van der Waals surface area contributed by atoms with Gasteiger partial charge in [-0.25, -0.2) is 0 Å². The van der Waals surface area contributed by atoms with Crippen molar-refractivity contribution >= 4 is 18.1 Å². The molecule has 0 saturated carbocycles. The van der Waals surface area contributed by atoms with E-state index in [1.165, 1.54) is 0 Å². The lowest BCUT2D eigenvalue weighted by Crippen LogP contribution is -1.84. The van der Waals surface area contributed by atoms with Gasteiger partial charge in [0.2, 0.25) is 0 Å². The Kier molecular flexibility index (Phi) is 4.54. The average molecular weight is 204 g/mol. The quantitative estimate of drug-likeness (QED) is 0.694. The Bertz CT molecular complexity index is 370. The van der Waals surface area contributed by atoms with Crippen LogP contribution in [0.25, 0.3) is 0 Å². The summed E-state index contributed by atoms with van der Waals surface area (Å²) < 4.78 is 5.12. The maximum atomic E-state index is 5.12. The number of hydrogen-bond acceptors (Lipinski definition) is 3. The van der Waals surface area contributed by atoms with E-state index in [0.717, 1.165) is 23.4 Å². The third-order valence-electron chi connectivity index (χ3n) is 2.03. The Morgan fingerprint density at radius 3 is 2.73 bits per heavy atom. The number of benzene rings is 1. The molecular weight excluding hydrogens is 188 g/mol. The van der Waals surface area contributed by atoms with Crippen LogP contribution < -0.4 is 4.74 Å². The number of aryl methyl sites for hydroxylation is 1. The molecular formula is C12H16N2O. The molecule has 15 heavy (non-hydrogen) atoms. The Labute approximate surface area is 90.5 Å². The summed E-state index contributed by atoms with van der Waals surface area (Å²) in [5.74, 6) is 0.863. The molecule has 0 N–H and O–H groups in total. The monoisotopic (exact) mass is 204 g/mol. The average Bonchev–Trinajstić information content (AvgIpc) is 2.26. The van der Waals surface area contributed by atoms with E-state index in [0.29, 0.717) is 0 Å². The normalized spacial score (nSPS) is 11.4. The van der Waals surface area contributed by atoms with Gasteiger partial charge in [-0.3, -0.25) is 4.99 Å². The highest BCUT2D eigenvalue weighted by molar-refractivity contribution is 5.81. The van der Waals surface area contributed by atoms with Crippen molar-refractivity contribution in [2.24, 2.45) is 9.98 Å². The van der Waals surface area contributed by atoms with Gasteiger partial charge in [0.25, 0.3) is 0 Å². The van der Waals surface area contributed by atoms with Crippen LogP contribution in [-0.2, 0) is 0 Å². The lowest BCUT2D eigenvalue weighted by molar-refractivity contribution is 0.414. The summed E-state index contributed by atoms with van der Waals surface area (Å²) in [6.07, 6.45) is 4.44. The molecule has 0 aromatic heterocycles. The molecule has 3 heteroatoms. The van der Waals surface area contributed by atoms with Gasteiger partial charge in [-0.15, -0.1) is 0 Å². The number of methoxy groups -OCH3 is 1. The molecule has 0 aliphatic carbocycles. The predicted octanol–water partition coefficient (Wildman–Crippen LogP) is 2.80. The fourth-order valence-corrected chi connectivity index (χ4v) is 1.20. The summed E-state index contributed by atoms with van der Waals surface area (Å²) in [5, 5.41) is 0. The Morgan fingerprint density at radius 1 is 1.33 bits per heavy atom. The van der Waals surface area contributed by atoms with Gasteiger partial charge in [0.15, 0.2) is 0 Å². The minimum Gasteiger partial charge on any atom is -0.497 e. The summed E-state index contributed by atoms with van der Waals surface area (Å²) >= 11 is 0. The number of rotatable bonds is 4. The van der Waals surface area contributed by atoms with Crippen molar-refractivity contribution in [3.63, 3.8) is 0 Å². The predicted molar refractivity (Wildman–Crippen MR) is 64.9 cm³/mol. The fourth-order valence-electron chi connectivity index (χ4n) is 1.20. The molecule has 0 fully saturated rings. The molecule has 0 spiro atoms. The molecule has 80 valence electrons. The lowest BCUT2D eigenvalue weighted by Gasteiger charge is -2.03. The summed E-state index contributed by atoms with van der Waals surface area (Å²) in [4.78, 5) is 8.23. The molecule has 0 heterocycles. The highest BCUT2D eigenvalue weighted by Crippen LogP contribution is 2.23. The number of ether oxygens (including phenoxy) is 1. The van der Waals surface area contributed by atoms with E-state index in [-0.39, 0.29) is 0 Å². The van der Waals surface area contributed by atoms with Crippen LogP contribution in [-0.4, -0.2) is 26.6 Å². The van der Waals surface area contributed by atoms with Crippen LogP contribution in [0.4, 0.5) is 5.69 Å². The molecule has 0 bridgehead atoms. The highest BCUT2D eigenvalue weighted by atomic mass is 16.5. The van der Waals surface area contributed by atoms with Gasteiger partial charge < -0.3 is 9.73 Å². The van der Waals surface area contributed by atoms with Crippen LogP contribution in [0.15, 0.2) is 28.2 Å². The van der Waals surface area contributed by atoms with Crippen molar-refractivity contribution < 1.29 is 4.74 Å². The zero-order valence-corrected chi connectivity index (χ0v) is 9.40. The van der Waals surface area contributed by atoms with Gasteiger partial charge >= 0.3 is 0 Å². The summed E-state index contributed by atoms with van der Waals surface area (Å²) in [6, 6.07) is 5.84. The van der Waals surface area contributed by atoms with Crippen LogP contribution in [0.3, 0.4) is 0 Å². The topological polar surface area (TPSA) is 34.0 Å². The Hall–Kier alpha value is -1.64. The summed E-state index contributed by atoms with van der Waals surface area (Å²) in [7, 11) is 3.42. The zero-order chi connectivity index (χ0) is 11.1. The summed E-state index contributed by atoms with van der Waals surface area (Å²) in [5.41, 5.74) is 2.08. The van der Waals surface area contributed by atoms with Gasteiger partial charge in [-0.2, -0.15) is 0 Å². The minimum atomic E-state index is 0.766. The van der Waals surface area contributed by atoms with E-state index < -0.39 is 0 Å². The van der Waals surface area contributed by atoms with Crippen molar-refractivity contribution in [3.05, 3.63) is 23.8 Å². The molecule has 0 amide bonds. The van der Waals surface area contributed by atoms with Crippen molar-refractivity contribution in [1.29, 1.82) is 0 Å². The lowest BCUT2D eigenvalue weighted by atomic mass is 10.2. The standard InChI is InChI=1S/C12H16N2O/c1-10-9-11(15-3)5-6-12(10)14-8-4-7-13-2/h5-9H,4H2,1-3H3. The third-order valence-corrected chi connectivity index (χ3v) is 2.03. The van der Waals surface area contributed by atoms with E-state index in [2.05, 4.69) is 9.98 Å². The molecule has 1 aromatic carbocycles. The van der Waals surface area contributed by atoms with E-state index >= 15 is 0 Å². The van der Waals surface area contributed by atoms with E-state index in [1.807, 2.05) is 37.6 Å². The molecule has 0 unspecified atom stereocenters. The van der Waals surface area contributed by atoms with Crippen molar-refractivity contribution in [2.45, 2.75) is 13.3 Å². The van der Waals surface area contributed by atoms with Crippen molar-refractivity contribution in [1.82, 2.24) is 0 Å². The minimum absolute atomic E-state index is 0.766. The number of hydrogen-bond donors (Lipinski definition) is 0. The van der Waals surface area contributed by atoms with Crippen molar-refractivity contribution in [2.75, 3.05) is 14.2 Å². The number of nitrogens with zero attached hydrogens (tertiary/aromatic N) is 2. The molecule has 0 radical (unpaired) electrons. The molecule has 0 saturated heterocycles. The smallest absolute Gasteiger partial charge is 0.119 e. The SMILES string of the molecule is CN=CCC=Nc1ccc(OC)cc1C. The second-order valence-electron chi connectivity index (χ2n) is 3.14. The number of aliphatic imine (C=N–C) groups is 2. The molecule has 0 aliphatic heterocycles. The van der Waals surface area contributed by atoms with Crippen LogP contribution >= 0.6 is 0 Å². The van der Waals surface area contributed by atoms with Gasteiger partial charge in [-0.1, -0.05) is 0 Å². The largest absolute Gasteiger partial charge is 0.497 e. The second kappa shape index (κ2) is 5.96. The van der Waals surface area contributed by atoms with E-state index in [1.54, 1.807) is 14.2 Å². The third kappa shape index (κ3) is 3.54. The van der Waals surface area contributed by atoms with Gasteiger partial charge in [-0.05, 0) is 30.7 Å². The highest BCUT2D eigenvalue weighted by Gasteiger charge is 1.97. The zero-order valence-electron chi connectivity index (χ0n) is 9.40. The maximum absolute atomic E-state index is 5.12. The van der Waals surface area contributed by atoms with E-state index in [4.69, 9.17) is 4.74 Å². The van der Waals surface area contributed by atoms with Gasteiger partial charge in [0.1, 0.15) is 5.75 Å². The molecule has 1 aromatic rings. The second-order valence-corrected chi connectivity index (χ2v) is 3.14. The van der Waals surface area contributed by atoms with Crippen LogP contribution in [0, 0.1) is 6.92 Å². The van der Waals surface area contributed by atoms with E-state index in [9.17, 15) is 0 Å². The first-order valence-corrected chi connectivity index (χ1v) is 4.85. The first-order valence-electron chi connectivity index (χ1n) is 4.85. The molecule has 3 nitrogen and oxygen atoms in total. The molecule has 1 rings (SSSR count). The van der Waals surface area contributed by atoms with Gasteiger partial charge in [0.05, 0.1) is 12.8 Å². The Morgan fingerprint density at radius 2 is 2.13 bits per heavy atom. The summed E-state index contributed by atoms with van der Waals surface area (Å²) in [6.45, 7) is 2.02. The van der Waals surface area contributed by atoms with Crippen LogP contribution in [0.1, 0.15) is 12.0 Å².